The third-order valence-corrected chi connectivity index (χ3v) is 4.08. The van der Waals surface area contributed by atoms with Crippen molar-refractivity contribution in [1.82, 2.24) is 5.32 Å². The number of benzene rings is 1. The second-order valence-electron chi connectivity index (χ2n) is 11.0. The molecular formula is C26H39NO11. The molecule has 0 saturated heterocycles. The van der Waals surface area contributed by atoms with Crippen LogP contribution in [0.25, 0.3) is 0 Å². The number of carboxylic acids is 1. The van der Waals surface area contributed by atoms with Crippen LogP contribution in [0.5, 0.6) is 11.5 Å². The molecule has 0 radical (unpaired) electrons. The molecule has 0 aliphatic carbocycles. The van der Waals surface area contributed by atoms with Crippen molar-refractivity contribution in [3.63, 3.8) is 0 Å². The summed E-state index contributed by atoms with van der Waals surface area (Å²) in [5.74, 6) is -1.93. The molecule has 0 fully saturated rings. The second-order valence-corrected chi connectivity index (χ2v) is 11.0. The van der Waals surface area contributed by atoms with E-state index in [2.05, 4.69) is 5.32 Å². The zero-order chi connectivity index (χ0) is 29.5. The molecular weight excluding hydrogens is 502 g/mol. The molecule has 1 atom stereocenters. The van der Waals surface area contributed by atoms with Crippen molar-refractivity contribution in [1.29, 1.82) is 0 Å². The Morgan fingerprint density at radius 2 is 1.29 bits per heavy atom. The number of hydrogen-bond donors (Lipinski definition) is 2. The van der Waals surface area contributed by atoms with Crippen molar-refractivity contribution in [2.45, 2.75) is 105 Å². The fourth-order valence-electron chi connectivity index (χ4n) is 2.96. The van der Waals surface area contributed by atoms with Crippen LogP contribution in [0.1, 0.15) is 74.8 Å². The molecule has 2 N–H and O–H groups in total. The van der Waals surface area contributed by atoms with E-state index in [-0.39, 0.29) is 17.1 Å². The van der Waals surface area contributed by atoms with E-state index in [0.717, 1.165) is 0 Å². The van der Waals surface area contributed by atoms with Gasteiger partial charge in [-0.3, -0.25) is 5.32 Å². The molecule has 1 aromatic rings. The van der Waals surface area contributed by atoms with Crippen LogP contribution in [0.3, 0.4) is 0 Å². The van der Waals surface area contributed by atoms with Gasteiger partial charge in [0.15, 0.2) is 11.5 Å². The number of hydrogen-bond acceptors (Lipinski definition) is 11. The summed E-state index contributed by atoms with van der Waals surface area (Å²) in [5, 5.41) is 12.8. The summed E-state index contributed by atoms with van der Waals surface area (Å²) in [6.45, 7) is 16.4. The van der Waals surface area contributed by atoms with Crippen molar-refractivity contribution in [2.75, 3.05) is 0 Å². The van der Waals surface area contributed by atoms with E-state index in [1.54, 1.807) is 69.2 Å². The zero-order valence-corrected chi connectivity index (χ0v) is 23.6. The average molecular weight is 542 g/mol. The van der Waals surface area contributed by atoms with E-state index in [4.69, 9.17) is 28.4 Å². The lowest BCUT2D eigenvalue weighted by Gasteiger charge is -2.32. The first kappa shape index (κ1) is 32.5. The maximum absolute atomic E-state index is 12.4. The summed E-state index contributed by atoms with van der Waals surface area (Å²) in [5.41, 5.74) is -3.73. The van der Waals surface area contributed by atoms with E-state index < -0.39 is 59.9 Å². The van der Waals surface area contributed by atoms with Crippen molar-refractivity contribution in [2.24, 2.45) is 0 Å². The number of nitrogens with one attached hydrogen (secondary N) is 1. The molecule has 0 aliphatic rings. The molecule has 214 valence electrons. The standard InChI is InChI=1S/C26H39NO11/c1-15(2)27-26(20(28)29,38-21(30)33-16(3)4)14-17-11-12-18(34-22(31)36-24(5,6)7)19(13-17)35-23(32)37-25(8,9)10/h11-13,15-16,27H,14H2,1-10H3,(H,28,29)/t26-/m0/s1. The quantitative estimate of drug-likeness (QED) is 0.183. The first-order chi connectivity index (χ1) is 17.2. The summed E-state index contributed by atoms with van der Waals surface area (Å²) in [6.07, 6.45) is -4.30. The van der Waals surface area contributed by atoms with Crippen LogP contribution >= 0.6 is 0 Å². The zero-order valence-electron chi connectivity index (χ0n) is 23.6. The van der Waals surface area contributed by atoms with Crippen molar-refractivity contribution < 1.29 is 52.7 Å². The average Bonchev–Trinajstić information content (AvgIpc) is 2.65. The number of rotatable bonds is 9. The minimum Gasteiger partial charge on any atom is -0.477 e. The topological polar surface area (TPSA) is 156 Å². The molecule has 0 spiro atoms. The minimum atomic E-state index is -2.24. The van der Waals surface area contributed by atoms with Crippen LogP contribution in [-0.2, 0) is 30.2 Å². The van der Waals surface area contributed by atoms with Gasteiger partial charge in [-0.25, -0.2) is 19.2 Å². The lowest BCUT2D eigenvalue weighted by Crippen LogP contribution is -2.59. The van der Waals surface area contributed by atoms with Gasteiger partial charge in [0.05, 0.1) is 6.10 Å². The molecule has 38 heavy (non-hydrogen) atoms. The maximum Gasteiger partial charge on any atom is 0.514 e. The van der Waals surface area contributed by atoms with Gasteiger partial charge in [-0.05, 0) is 86.9 Å². The van der Waals surface area contributed by atoms with Gasteiger partial charge in [0.1, 0.15) is 11.2 Å². The van der Waals surface area contributed by atoms with E-state index >= 15 is 0 Å². The van der Waals surface area contributed by atoms with E-state index in [1.165, 1.54) is 18.2 Å². The van der Waals surface area contributed by atoms with Gasteiger partial charge in [0.25, 0.3) is 5.72 Å². The van der Waals surface area contributed by atoms with E-state index in [0.29, 0.717) is 0 Å². The number of carbonyl (C=O) groups excluding carboxylic acids is 3. The van der Waals surface area contributed by atoms with Gasteiger partial charge in [0.2, 0.25) is 0 Å². The van der Waals surface area contributed by atoms with Crippen LogP contribution < -0.4 is 14.8 Å². The highest BCUT2D eigenvalue weighted by molar-refractivity contribution is 5.80. The highest BCUT2D eigenvalue weighted by Crippen LogP contribution is 2.32. The Labute approximate surface area is 222 Å². The predicted molar refractivity (Wildman–Crippen MR) is 135 cm³/mol. The molecule has 0 heterocycles. The largest absolute Gasteiger partial charge is 0.514 e. The highest BCUT2D eigenvalue weighted by atomic mass is 16.8. The van der Waals surface area contributed by atoms with Gasteiger partial charge in [-0.1, -0.05) is 6.07 Å². The van der Waals surface area contributed by atoms with Crippen LogP contribution in [0.2, 0.25) is 0 Å². The first-order valence-corrected chi connectivity index (χ1v) is 12.1. The van der Waals surface area contributed by atoms with E-state index in [9.17, 15) is 24.3 Å². The van der Waals surface area contributed by atoms with Crippen molar-refractivity contribution in [3.05, 3.63) is 23.8 Å². The fraction of sp³-hybridized carbons (Fsp3) is 0.615. The summed E-state index contributed by atoms with van der Waals surface area (Å²) >= 11 is 0. The molecule has 0 aromatic heterocycles. The number of carbonyl (C=O) groups is 4. The highest BCUT2D eigenvalue weighted by Gasteiger charge is 2.44. The molecule has 1 rings (SSSR count). The normalized spacial score (nSPS) is 13.4. The Morgan fingerprint density at radius 3 is 1.71 bits per heavy atom. The summed E-state index contributed by atoms with van der Waals surface area (Å²) in [7, 11) is 0. The Hall–Kier alpha value is -3.54. The Bertz CT molecular complexity index is 1010. The van der Waals surface area contributed by atoms with Crippen LogP contribution in [0.15, 0.2) is 18.2 Å². The summed E-state index contributed by atoms with van der Waals surface area (Å²) < 4.78 is 31.1. The Kier molecular flexibility index (Phi) is 11.0. The summed E-state index contributed by atoms with van der Waals surface area (Å²) in [6, 6.07) is 3.54. The monoisotopic (exact) mass is 541 g/mol. The Balaban J connectivity index is 3.47. The van der Waals surface area contributed by atoms with Gasteiger partial charge in [-0.15, -0.1) is 0 Å². The van der Waals surface area contributed by atoms with Gasteiger partial charge < -0.3 is 33.5 Å². The number of ether oxygens (including phenoxy) is 6. The number of aliphatic carboxylic acids is 1. The van der Waals surface area contributed by atoms with Crippen molar-refractivity contribution in [3.8, 4) is 11.5 Å². The SMILES string of the molecule is CC(C)N[C@@](Cc1ccc(OC(=O)OC(C)(C)C)c(OC(=O)OC(C)(C)C)c1)(OC(=O)OC(C)C)C(=O)O. The van der Waals surface area contributed by atoms with Gasteiger partial charge in [0, 0.05) is 12.5 Å². The van der Waals surface area contributed by atoms with Crippen LogP contribution in [0, 0.1) is 0 Å². The first-order valence-electron chi connectivity index (χ1n) is 12.1. The third kappa shape index (κ3) is 11.7. The van der Waals surface area contributed by atoms with Crippen LogP contribution in [0.4, 0.5) is 14.4 Å². The predicted octanol–water partition coefficient (Wildman–Crippen LogP) is 5.20. The fourth-order valence-corrected chi connectivity index (χ4v) is 2.96. The molecule has 0 unspecified atom stereocenters. The second kappa shape index (κ2) is 12.8. The van der Waals surface area contributed by atoms with Gasteiger partial charge >= 0.3 is 24.4 Å². The maximum atomic E-state index is 12.4. The molecule has 1 aromatic carbocycles. The smallest absolute Gasteiger partial charge is 0.477 e. The molecule has 12 nitrogen and oxygen atoms in total. The van der Waals surface area contributed by atoms with E-state index in [1.807, 2.05) is 0 Å². The molecule has 12 heteroatoms. The molecule has 0 saturated carbocycles. The molecule has 0 amide bonds. The lowest BCUT2D eigenvalue weighted by atomic mass is 10.0. The third-order valence-electron chi connectivity index (χ3n) is 4.08. The lowest BCUT2D eigenvalue weighted by molar-refractivity contribution is -0.167. The Morgan fingerprint density at radius 1 is 0.789 bits per heavy atom. The summed E-state index contributed by atoms with van der Waals surface area (Å²) in [4.78, 5) is 49.3. The number of carboxylic acid groups (broad SMARTS) is 1. The van der Waals surface area contributed by atoms with Crippen LogP contribution in [-0.4, -0.2) is 58.6 Å². The minimum absolute atomic E-state index is 0.188. The molecule has 0 aliphatic heterocycles. The van der Waals surface area contributed by atoms with Gasteiger partial charge in [-0.2, -0.15) is 0 Å². The molecule has 0 bridgehead atoms. The van der Waals surface area contributed by atoms with Crippen molar-refractivity contribution >= 4 is 24.4 Å².